The molecule has 0 bridgehead atoms. The van der Waals surface area contributed by atoms with Crippen LogP contribution in [0.1, 0.15) is 25.3 Å². The zero-order valence-corrected chi connectivity index (χ0v) is 16.0. The molecule has 5 heteroatoms. The predicted octanol–water partition coefficient (Wildman–Crippen LogP) is 5.28. The van der Waals surface area contributed by atoms with Crippen molar-refractivity contribution in [3.8, 4) is 5.75 Å². The van der Waals surface area contributed by atoms with Crippen molar-refractivity contribution in [2.45, 2.75) is 26.7 Å². The molecule has 4 nitrogen and oxygen atoms in total. The molecule has 0 saturated heterocycles. The van der Waals surface area contributed by atoms with Gasteiger partial charge in [0.05, 0.1) is 12.1 Å². The van der Waals surface area contributed by atoms with E-state index in [1.54, 1.807) is 6.33 Å². The van der Waals surface area contributed by atoms with E-state index >= 15 is 0 Å². The Bertz CT molecular complexity index is 864. The smallest absolute Gasteiger partial charge is 0.139 e. The quantitative estimate of drug-likeness (QED) is 0.541. The minimum atomic E-state index is 0.588. The van der Waals surface area contributed by atoms with E-state index in [-0.39, 0.29) is 0 Å². The molecule has 2 aromatic carbocycles. The molecule has 0 unspecified atom stereocenters. The van der Waals surface area contributed by atoms with E-state index in [1.165, 1.54) is 0 Å². The Balaban J connectivity index is 1.75. The van der Waals surface area contributed by atoms with Gasteiger partial charge in [-0.25, -0.2) is 9.97 Å². The first kappa shape index (κ1) is 18.5. The lowest BCUT2D eigenvalue weighted by molar-refractivity contribution is 0.321. The van der Waals surface area contributed by atoms with Crippen LogP contribution in [0.15, 0.2) is 48.8 Å². The summed E-state index contributed by atoms with van der Waals surface area (Å²) in [6.07, 6.45) is 3.88. The number of ether oxygens (including phenoxy) is 1. The number of aryl methyl sites for hydroxylation is 1. The molecule has 0 amide bonds. The molecule has 26 heavy (non-hydrogen) atoms. The molecule has 0 aliphatic carbocycles. The Morgan fingerprint density at radius 1 is 1.08 bits per heavy atom. The fourth-order valence-electron chi connectivity index (χ4n) is 2.96. The summed E-state index contributed by atoms with van der Waals surface area (Å²) in [5.41, 5.74) is 2.01. The van der Waals surface area contributed by atoms with Gasteiger partial charge in [-0.05, 0) is 49.2 Å². The van der Waals surface area contributed by atoms with Crippen LogP contribution in [0.3, 0.4) is 0 Å². The highest BCUT2D eigenvalue weighted by molar-refractivity contribution is 6.30. The number of halogens is 1. The monoisotopic (exact) mass is 369 g/mol. The van der Waals surface area contributed by atoms with Crippen LogP contribution in [0.25, 0.3) is 10.9 Å². The first-order valence-electron chi connectivity index (χ1n) is 9.02. The van der Waals surface area contributed by atoms with Crippen molar-refractivity contribution in [3.05, 3.63) is 59.4 Å². The molecular formula is C21H24ClN3O. The zero-order chi connectivity index (χ0) is 18.4. The topological polar surface area (TPSA) is 38.2 Å². The number of anilines is 1. The summed E-state index contributed by atoms with van der Waals surface area (Å²) in [5, 5.41) is 1.81. The van der Waals surface area contributed by atoms with Gasteiger partial charge in [-0.1, -0.05) is 37.1 Å². The maximum atomic E-state index is 6.02. The van der Waals surface area contributed by atoms with E-state index in [0.717, 1.165) is 59.0 Å². The lowest BCUT2D eigenvalue weighted by Crippen LogP contribution is -2.30. The summed E-state index contributed by atoms with van der Waals surface area (Å²) < 4.78 is 5.99. The fourth-order valence-corrected chi connectivity index (χ4v) is 3.18. The molecule has 0 fully saturated rings. The third-order valence-corrected chi connectivity index (χ3v) is 4.59. The van der Waals surface area contributed by atoms with Crippen molar-refractivity contribution in [2.24, 2.45) is 0 Å². The number of aromatic nitrogens is 2. The van der Waals surface area contributed by atoms with Gasteiger partial charge in [0.2, 0.25) is 0 Å². The number of benzene rings is 2. The van der Waals surface area contributed by atoms with Crippen molar-refractivity contribution in [3.63, 3.8) is 0 Å². The number of hydrogen-bond donors (Lipinski definition) is 0. The van der Waals surface area contributed by atoms with E-state index < -0.39 is 0 Å². The number of fused-ring (bicyclic) bond motifs is 1. The molecule has 3 aromatic rings. The van der Waals surface area contributed by atoms with Gasteiger partial charge in [0.25, 0.3) is 0 Å². The summed E-state index contributed by atoms with van der Waals surface area (Å²) in [6.45, 7) is 6.51. The van der Waals surface area contributed by atoms with Crippen molar-refractivity contribution in [2.75, 3.05) is 24.6 Å². The Kier molecular flexibility index (Phi) is 6.29. The summed E-state index contributed by atoms with van der Waals surface area (Å²) in [5.74, 6) is 1.85. The SMILES string of the molecule is CCCCN(CCOc1ccc(Cl)cc1C)c1ncnc2ccccc12. The van der Waals surface area contributed by atoms with Gasteiger partial charge in [0.1, 0.15) is 24.5 Å². The zero-order valence-electron chi connectivity index (χ0n) is 15.3. The normalized spacial score (nSPS) is 10.9. The van der Waals surface area contributed by atoms with Crippen LogP contribution in [0.2, 0.25) is 5.02 Å². The van der Waals surface area contributed by atoms with Gasteiger partial charge in [0, 0.05) is 17.0 Å². The minimum absolute atomic E-state index is 0.588. The highest BCUT2D eigenvalue weighted by atomic mass is 35.5. The number of rotatable bonds is 8. The molecule has 3 rings (SSSR count). The Labute approximate surface area is 159 Å². The molecule has 0 radical (unpaired) electrons. The maximum absolute atomic E-state index is 6.02. The second-order valence-electron chi connectivity index (χ2n) is 6.31. The van der Waals surface area contributed by atoms with Crippen LogP contribution < -0.4 is 9.64 Å². The summed E-state index contributed by atoms with van der Waals surface area (Å²) in [6, 6.07) is 13.8. The average Bonchev–Trinajstić information content (AvgIpc) is 2.66. The Morgan fingerprint density at radius 2 is 1.92 bits per heavy atom. The molecule has 0 spiro atoms. The molecule has 0 N–H and O–H groups in total. The van der Waals surface area contributed by atoms with Gasteiger partial charge >= 0.3 is 0 Å². The highest BCUT2D eigenvalue weighted by Gasteiger charge is 2.12. The first-order valence-corrected chi connectivity index (χ1v) is 9.40. The lowest BCUT2D eigenvalue weighted by Gasteiger charge is -2.25. The van der Waals surface area contributed by atoms with E-state index in [4.69, 9.17) is 16.3 Å². The molecule has 1 aromatic heterocycles. The summed E-state index contributed by atoms with van der Waals surface area (Å²) in [4.78, 5) is 11.2. The standard InChI is InChI=1S/C21H24ClN3O/c1-3-4-11-25(12-13-26-20-10-9-17(22)14-16(20)2)21-18-7-5-6-8-19(18)23-15-24-21/h5-10,14-15H,3-4,11-13H2,1-2H3. The van der Waals surface area contributed by atoms with Crippen LogP contribution >= 0.6 is 11.6 Å². The minimum Gasteiger partial charge on any atom is -0.491 e. The van der Waals surface area contributed by atoms with Gasteiger partial charge in [-0.3, -0.25) is 0 Å². The molecule has 0 saturated carbocycles. The van der Waals surface area contributed by atoms with Gasteiger partial charge < -0.3 is 9.64 Å². The number of unbranched alkanes of at least 4 members (excludes halogenated alkanes) is 1. The van der Waals surface area contributed by atoms with Crippen LogP contribution in [-0.4, -0.2) is 29.7 Å². The van der Waals surface area contributed by atoms with Crippen molar-refractivity contribution < 1.29 is 4.74 Å². The average molecular weight is 370 g/mol. The highest BCUT2D eigenvalue weighted by Crippen LogP contribution is 2.24. The van der Waals surface area contributed by atoms with Gasteiger partial charge in [0.15, 0.2) is 0 Å². The lowest BCUT2D eigenvalue weighted by atomic mass is 10.2. The number of nitrogens with zero attached hydrogens (tertiary/aromatic N) is 3. The number of para-hydroxylation sites is 1. The first-order chi connectivity index (χ1) is 12.7. The molecule has 0 aliphatic heterocycles. The van der Waals surface area contributed by atoms with E-state index in [9.17, 15) is 0 Å². The van der Waals surface area contributed by atoms with Crippen LogP contribution in [0, 0.1) is 6.92 Å². The van der Waals surface area contributed by atoms with Crippen LogP contribution in [0.5, 0.6) is 5.75 Å². The Morgan fingerprint density at radius 3 is 2.73 bits per heavy atom. The second kappa shape index (κ2) is 8.86. The predicted molar refractivity (Wildman–Crippen MR) is 108 cm³/mol. The molecule has 136 valence electrons. The largest absolute Gasteiger partial charge is 0.491 e. The van der Waals surface area contributed by atoms with Crippen LogP contribution in [-0.2, 0) is 0 Å². The fraction of sp³-hybridized carbons (Fsp3) is 0.333. The van der Waals surface area contributed by atoms with E-state index in [2.05, 4.69) is 27.9 Å². The summed E-state index contributed by atoms with van der Waals surface area (Å²) in [7, 11) is 0. The maximum Gasteiger partial charge on any atom is 0.139 e. The van der Waals surface area contributed by atoms with Crippen molar-refractivity contribution in [1.82, 2.24) is 9.97 Å². The van der Waals surface area contributed by atoms with Crippen molar-refractivity contribution in [1.29, 1.82) is 0 Å². The third kappa shape index (κ3) is 4.44. The molecule has 1 heterocycles. The molecular weight excluding hydrogens is 346 g/mol. The second-order valence-corrected chi connectivity index (χ2v) is 6.75. The van der Waals surface area contributed by atoms with Gasteiger partial charge in [-0.2, -0.15) is 0 Å². The third-order valence-electron chi connectivity index (χ3n) is 4.36. The molecule has 0 atom stereocenters. The number of hydrogen-bond acceptors (Lipinski definition) is 4. The summed E-state index contributed by atoms with van der Waals surface area (Å²) >= 11 is 6.02. The Hall–Kier alpha value is -2.33. The van der Waals surface area contributed by atoms with Crippen LogP contribution in [0.4, 0.5) is 5.82 Å². The van der Waals surface area contributed by atoms with Crippen molar-refractivity contribution >= 4 is 28.3 Å². The molecule has 0 aliphatic rings. The van der Waals surface area contributed by atoms with Gasteiger partial charge in [-0.15, -0.1) is 0 Å². The van der Waals surface area contributed by atoms with E-state index in [1.807, 2.05) is 43.3 Å². The van der Waals surface area contributed by atoms with E-state index in [0.29, 0.717) is 6.61 Å².